The minimum absolute atomic E-state index is 0.237. The summed E-state index contributed by atoms with van der Waals surface area (Å²) < 4.78 is 0. The minimum atomic E-state index is 0.237. The molecule has 0 atom stereocenters. The van der Waals surface area contributed by atoms with E-state index >= 15 is 0 Å². The Morgan fingerprint density at radius 1 is 1.06 bits per heavy atom. The third-order valence-electron chi connectivity index (χ3n) is 3.81. The molecule has 0 aromatic carbocycles. The second-order valence-electron chi connectivity index (χ2n) is 6.11. The molecule has 0 aromatic rings. The van der Waals surface area contributed by atoms with Crippen LogP contribution in [0.3, 0.4) is 0 Å². The Balaban J connectivity index is 2.07. The largest absolute Gasteiger partial charge is 0.236 e. The average Bonchev–Trinajstić information content (AvgIpc) is 2.69. The van der Waals surface area contributed by atoms with Gasteiger partial charge in [0.25, 0.3) is 0 Å². The van der Waals surface area contributed by atoms with Gasteiger partial charge in [-0.3, -0.25) is 0 Å². The lowest BCUT2D eigenvalue weighted by molar-refractivity contribution is 0.290. The van der Waals surface area contributed by atoms with Crippen LogP contribution in [0.15, 0.2) is 0 Å². The van der Waals surface area contributed by atoms with Gasteiger partial charge in [-0.15, -0.1) is 0 Å². The van der Waals surface area contributed by atoms with Crippen molar-refractivity contribution in [2.45, 2.75) is 84.1 Å². The summed E-state index contributed by atoms with van der Waals surface area (Å²) in [5.41, 5.74) is 0.237. The van der Waals surface area contributed by atoms with E-state index in [0.717, 1.165) is 12.5 Å². The molecular weight excluding hydrogens is 194 g/mol. The molecule has 0 saturated heterocycles. The highest BCUT2D eigenvalue weighted by atomic mass is 14.9. The van der Waals surface area contributed by atoms with Crippen LogP contribution in [0.25, 0.3) is 0 Å². The van der Waals surface area contributed by atoms with Crippen LogP contribution in [-0.2, 0) is 0 Å². The highest BCUT2D eigenvalue weighted by molar-refractivity contribution is 4.82. The van der Waals surface area contributed by atoms with Crippen molar-refractivity contribution in [1.82, 2.24) is 5.32 Å². The summed E-state index contributed by atoms with van der Waals surface area (Å²) >= 11 is 0. The topological polar surface area (TPSA) is 14.1 Å². The van der Waals surface area contributed by atoms with Gasteiger partial charge in [0.15, 0.2) is 0 Å². The van der Waals surface area contributed by atoms with Crippen molar-refractivity contribution in [2.24, 2.45) is 5.92 Å². The normalized spacial score (nSPS) is 18.2. The molecule has 0 aliphatic heterocycles. The molecule has 1 nitrogen and oxygen atoms in total. The summed E-state index contributed by atoms with van der Waals surface area (Å²) in [6.45, 7) is 8.00. The molecule has 0 amide bonds. The van der Waals surface area contributed by atoms with Crippen molar-refractivity contribution in [3.05, 3.63) is 0 Å². The lowest BCUT2D eigenvalue weighted by Crippen LogP contribution is -2.35. The summed E-state index contributed by atoms with van der Waals surface area (Å²) in [7, 11) is 0. The van der Waals surface area contributed by atoms with E-state index in [2.05, 4.69) is 20.8 Å². The minimum Gasteiger partial charge on any atom is -0.236 e. The fourth-order valence-electron chi connectivity index (χ4n) is 2.91. The molecule has 1 aliphatic rings. The Hall–Kier alpha value is -0.0400. The summed E-state index contributed by atoms with van der Waals surface area (Å²) in [6.07, 6.45) is 12.5. The first-order valence-corrected chi connectivity index (χ1v) is 7.33. The van der Waals surface area contributed by atoms with Gasteiger partial charge in [-0.05, 0) is 32.6 Å². The third kappa shape index (κ3) is 5.89. The average molecular weight is 224 g/mol. The Bertz CT molecular complexity index is 168. The Morgan fingerprint density at radius 3 is 2.38 bits per heavy atom. The molecule has 1 heteroatoms. The summed E-state index contributed by atoms with van der Waals surface area (Å²) in [5, 5.41) is 4.89. The van der Waals surface area contributed by atoms with Crippen LogP contribution < -0.4 is 5.32 Å². The van der Waals surface area contributed by atoms with E-state index in [4.69, 9.17) is 5.32 Å². The van der Waals surface area contributed by atoms with Crippen molar-refractivity contribution in [3.8, 4) is 0 Å². The van der Waals surface area contributed by atoms with Gasteiger partial charge in [0.1, 0.15) is 0 Å². The van der Waals surface area contributed by atoms with Crippen LogP contribution in [0.4, 0.5) is 0 Å². The Morgan fingerprint density at radius 2 is 1.75 bits per heavy atom. The van der Waals surface area contributed by atoms with E-state index in [9.17, 15) is 0 Å². The predicted octanol–water partition coefficient (Wildman–Crippen LogP) is 4.53. The maximum Gasteiger partial charge on any atom is 0.0303 e. The van der Waals surface area contributed by atoms with E-state index in [0.29, 0.717) is 0 Å². The van der Waals surface area contributed by atoms with Crippen molar-refractivity contribution in [3.63, 3.8) is 0 Å². The second-order valence-corrected chi connectivity index (χ2v) is 6.11. The molecule has 1 radical (unpaired) electrons. The molecule has 1 fully saturated rings. The van der Waals surface area contributed by atoms with Crippen LogP contribution >= 0.6 is 0 Å². The lowest BCUT2D eigenvalue weighted by Gasteiger charge is -2.27. The van der Waals surface area contributed by atoms with Gasteiger partial charge < -0.3 is 0 Å². The molecule has 0 heterocycles. The van der Waals surface area contributed by atoms with Gasteiger partial charge >= 0.3 is 0 Å². The van der Waals surface area contributed by atoms with Crippen LogP contribution in [0, 0.1) is 5.92 Å². The van der Waals surface area contributed by atoms with E-state index in [1.807, 2.05) is 0 Å². The van der Waals surface area contributed by atoms with Crippen molar-refractivity contribution in [1.29, 1.82) is 0 Å². The molecule has 0 aromatic heterocycles. The first-order chi connectivity index (χ1) is 7.64. The summed E-state index contributed by atoms with van der Waals surface area (Å²) in [5.74, 6) is 0.967. The molecule has 1 saturated carbocycles. The number of nitrogens with zero attached hydrogens (tertiary/aromatic N) is 1. The lowest BCUT2D eigenvalue weighted by atomic mass is 9.89. The van der Waals surface area contributed by atoms with E-state index < -0.39 is 0 Å². The quantitative estimate of drug-likeness (QED) is 0.538. The SMILES string of the molecule is CCCCCC[N]C(C)(C)CC1CCCC1. The van der Waals surface area contributed by atoms with Gasteiger partial charge in [0.2, 0.25) is 0 Å². The van der Waals surface area contributed by atoms with E-state index in [-0.39, 0.29) is 5.54 Å². The maximum atomic E-state index is 4.89. The van der Waals surface area contributed by atoms with Crippen LogP contribution in [0.1, 0.15) is 78.6 Å². The van der Waals surface area contributed by atoms with Crippen molar-refractivity contribution < 1.29 is 0 Å². The smallest absolute Gasteiger partial charge is 0.0303 e. The highest BCUT2D eigenvalue weighted by Crippen LogP contribution is 2.31. The summed E-state index contributed by atoms with van der Waals surface area (Å²) in [6, 6.07) is 0. The number of unbranched alkanes of at least 4 members (excludes halogenated alkanes) is 3. The molecule has 0 bridgehead atoms. The van der Waals surface area contributed by atoms with Crippen LogP contribution in [0.5, 0.6) is 0 Å². The number of hydrogen-bond acceptors (Lipinski definition) is 0. The zero-order valence-corrected chi connectivity index (χ0v) is 11.6. The Labute approximate surface area is 102 Å². The predicted molar refractivity (Wildman–Crippen MR) is 71.8 cm³/mol. The second kappa shape index (κ2) is 7.32. The van der Waals surface area contributed by atoms with Crippen molar-refractivity contribution >= 4 is 0 Å². The molecule has 95 valence electrons. The standard InChI is InChI=1S/C15H30N/c1-4-5-6-9-12-16-15(2,3)13-14-10-7-8-11-14/h14H,4-13H2,1-3H3. The third-order valence-corrected chi connectivity index (χ3v) is 3.81. The monoisotopic (exact) mass is 224 g/mol. The van der Waals surface area contributed by atoms with E-state index in [1.54, 1.807) is 0 Å². The van der Waals surface area contributed by atoms with Gasteiger partial charge in [-0.1, -0.05) is 51.9 Å². The van der Waals surface area contributed by atoms with Gasteiger partial charge in [0.05, 0.1) is 0 Å². The molecule has 1 rings (SSSR count). The van der Waals surface area contributed by atoms with Gasteiger partial charge in [-0.25, -0.2) is 5.32 Å². The van der Waals surface area contributed by atoms with Crippen LogP contribution in [0.2, 0.25) is 0 Å². The van der Waals surface area contributed by atoms with Gasteiger partial charge in [0, 0.05) is 12.1 Å². The van der Waals surface area contributed by atoms with Gasteiger partial charge in [-0.2, -0.15) is 0 Å². The number of hydrogen-bond donors (Lipinski definition) is 0. The highest BCUT2D eigenvalue weighted by Gasteiger charge is 2.25. The number of rotatable bonds is 8. The maximum absolute atomic E-state index is 4.89. The molecule has 0 spiro atoms. The molecule has 0 N–H and O–H groups in total. The molecule has 16 heavy (non-hydrogen) atoms. The zero-order chi connectivity index (χ0) is 11.9. The fourth-order valence-corrected chi connectivity index (χ4v) is 2.91. The fraction of sp³-hybridized carbons (Fsp3) is 1.00. The van der Waals surface area contributed by atoms with Crippen LogP contribution in [-0.4, -0.2) is 12.1 Å². The molecule has 1 aliphatic carbocycles. The Kier molecular flexibility index (Phi) is 6.41. The molecule has 0 unspecified atom stereocenters. The van der Waals surface area contributed by atoms with Crippen molar-refractivity contribution in [2.75, 3.05) is 6.54 Å². The zero-order valence-electron chi connectivity index (χ0n) is 11.6. The van der Waals surface area contributed by atoms with E-state index in [1.165, 1.54) is 57.8 Å². The first-order valence-electron chi connectivity index (χ1n) is 7.33. The first kappa shape index (κ1) is 14.0. The molecular formula is C15H30N. The summed E-state index contributed by atoms with van der Waals surface area (Å²) in [4.78, 5) is 0.